The van der Waals surface area contributed by atoms with Crippen LogP contribution in [-0.2, 0) is 0 Å². The van der Waals surface area contributed by atoms with Crippen LogP contribution in [0.25, 0.3) is 0 Å². The van der Waals surface area contributed by atoms with E-state index in [1.165, 1.54) is 32.4 Å². The van der Waals surface area contributed by atoms with E-state index >= 15 is 0 Å². The van der Waals surface area contributed by atoms with Crippen molar-refractivity contribution in [1.82, 2.24) is 4.90 Å². The standard InChI is InChI=1S/C11H22N2/c1-2-3-8-13-9-5-11(4-7-12)6-10-13/h2-3,11H,4-10,12H2,1H3. The Morgan fingerprint density at radius 1 is 1.38 bits per heavy atom. The van der Waals surface area contributed by atoms with Crippen molar-refractivity contribution in [3.05, 3.63) is 12.2 Å². The van der Waals surface area contributed by atoms with Crippen molar-refractivity contribution in [2.45, 2.75) is 26.2 Å². The van der Waals surface area contributed by atoms with Gasteiger partial charge in [0, 0.05) is 6.54 Å². The first-order valence-electron chi connectivity index (χ1n) is 5.40. The summed E-state index contributed by atoms with van der Waals surface area (Å²) in [6.07, 6.45) is 8.27. The van der Waals surface area contributed by atoms with Crippen LogP contribution in [0.5, 0.6) is 0 Å². The van der Waals surface area contributed by atoms with Crippen LogP contribution in [0.2, 0.25) is 0 Å². The minimum Gasteiger partial charge on any atom is -0.330 e. The van der Waals surface area contributed by atoms with Crippen molar-refractivity contribution in [2.24, 2.45) is 11.7 Å². The molecule has 0 atom stereocenters. The molecule has 2 heteroatoms. The number of nitrogens with two attached hydrogens (primary N) is 1. The molecule has 1 heterocycles. The van der Waals surface area contributed by atoms with Crippen LogP contribution in [-0.4, -0.2) is 31.1 Å². The lowest BCUT2D eigenvalue weighted by Crippen LogP contribution is -2.34. The molecule has 76 valence electrons. The van der Waals surface area contributed by atoms with Crippen LogP contribution < -0.4 is 5.73 Å². The number of nitrogens with zero attached hydrogens (tertiary/aromatic N) is 1. The third-order valence-corrected chi connectivity index (χ3v) is 2.88. The van der Waals surface area contributed by atoms with E-state index in [9.17, 15) is 0 Å². The molecular weight excluding hydrogens is 160 g/mol. The van der Waals surface area contributed by atoms with Gasteiger partial charge in [0.25, 0.3) is 0 Å². The normalized spacial score (nSPS) is 21.4. The molecule has 0 saturated carbocycles. The Balaban J connectivity index is 2.14. The summed E-state index contributed by atoms with van der Waals surface area (Å²) < 4.78 is 0. The van der Waals surface area contributed by atoms with Crippen molar-refractivity contribution >= 4 is 0 Å². The predicted molar refractivity (Wildman–Crippen MR) is 57.6 cm³/mol. The third kappa shape index (κ3) is 3.92. The van der Waals surface area contributed by atoms with Gasteiger partial charge in [0.1, 0.15) is 0 Å². The monoisotopic (exact) mass is 182 g/mol. The smallest absolute Gasteiger partial charge is 0.0163 e. The average Bonchev–Trinajstić information content (AvgIpc) is 2.17. The van der Waals surface area contributed by atoms with Crippen LogP contribution >= 0.6 is 0 Å². The average molecular weight is 182 g/mol. The summed E-state index contributed by atoms with van der Waals surface area (Å²) in [5.41, 5.74) is 5.55. The van der Waals surface area contributed by atoms with Crippen LogP contribution in [0.3, 0.4) is 0 Å². The van der Waals surface area contributed by atoms with Gasteiger partial charge in [0.2, 0.25) is 0 Å². The van der Waals surface area contributed by atoms with Gasteiger partial charge in [-0.3, -0.25) is 4.90 Å². The predicted octanol–water partition coefficient (Wildman–Crippen LogP) is 1.62. The summed E-state index contributed by atoms with van der Waals surface area (Å²) in [6, 6.07) is 0. The van der Waals surface area contributed by atoms with Gasteiger partial charge in [-0.1, -0.05) is 12.2 Å². The Labute approximate surface area is 81.8 Å². The highest BCUT2D eigenvalue weighted by Crippen LogP contribution is 2.19. The largest absolute Gasteiger partial charge is 0.330 e. The molecule has 0 aromatic heterocycles. The molecule has 2 nitrogen and oxygen atoms in total. The maximum Gasteiger partial charge on any atom is 0.0163 e. The van der Waals surface area contributed by atoms with Gasteiger partial charge in [-0.15, -0.1) is 0 Å². The second-order valence-corrected chi connectivity index (χ2v) is 3.89. The highest BCUT2D eigenvalue weighted by atomic mass is 15.1. The van der Waals surface area contributed by atoms with Crippen molar-refractivity contribution < 1.29 is 0 Å². The highest BCUT2D eigenvalue weighted by molar-refractivity contribution is 4.83. The van der Waals surface area contributed by atoms with Crippen LogP contribution in [0, 0.1) is 5.92 Å². The maximum atomic E-state index is 5.55. The van der Waals surface area contributed by atoms with E-state index in [0.717, 1.165) is 19.0 Å². The molecule has 0 spiro atoms. The van der Waals surface area contributed by atoms with Gasteiger partial charge in [0.05, 0.1) is 0 Å². The third-order valence-electron chi connectivity index (χ3n) is 2.88. The van der Waals surface area contributed by atoms with Gasteiger partial charge in [0.15, 0.2) is 0 Å². The molecular formula is C11H22N2. The molecule has 1 fully saturated rings. The minimum absolute atomic E-state index is 0.861. The first kappa shape index (κ1) is 10.7. The fourth-order valence-electron chi connectivity index (χ4n) is 1.95. The lowest BCUT2D eigenvalue weighted by Gasteiger charge is -2.30. The van der Waals surface area contributed by atoms with Crippen molar-refractivity contribution in [2.75, 3.05) is 26.2 Å². The molecule has 0 unspecified atom stereocenters. The zero-order valence-electron chi connectivity index (χ0n) is 8.71. The van der Waals surface area contributed by atoms with E-state index < -0.39 is 0 Å². The first-order chi connectivity index (χ1) is 6.36. The number of rotatable bonds is 4. The molecule has 0 radical (unpaired) electrons. The van der Waals surface area contributed by atoms with E-state index in [4.69, 9.17) is 5.73 Å². The van der Waals surface area contributed by atoms with Crippen molar-refractivity contribution in [3.63, 3.8) is 0 Å². The molecule has 13 heavy (non-hydrogen) atoms. The molecule has 1 aliphatic rings. The molecule has 0 aromatic rings. The second-order valence-electron chi connectivity index (χ2n) is 3.89. The zero-order valence-corrected chi connectivity index (χ0v) is 8.71. The number of likely N-dealkylation sites (tertiary alicyclic amines) is 1. The SMILES string of the molecule is CC=CCN1CCC(CCN)CC1. The van der Waals surface area contributed by atoms with Gasteiger partial charge >= 0.3 is 0 Å². The number of piperidine rings is 1. The van der Waals surface area contributed by atoms with E-state index in [1.807, 2.05) is 0 Å². The highest BCUT2D eigenvalue weighted by Gasteiger charge is 2.16. The summed E-state index contributed by atoms with van der Waals surface area (Å²) in [4.78, 5) is 2.52. The molecule has 2 N–H and O–H groups in total. The molecule has 1 saturated heterocycles. The summed E-state index contributed by atoms with van der Waals surface area (Å²) in [7, 11) is 0. The van der Waals surface area contributed by atoms with E-state index in [2.05, 4.69) is 24.0 Å². The van der Waals surface area contributed by atoms with Crippen molar-refractivity contribution in [1.29, 1.82) is 0 Å². The lowest BCUT2D eigenvalue weighted by atomic mass is 9.94. The molecule has 0 amide bonds. The topological polar surface area (TPSA) is 29.3 Å². The molecule has 0 bridgehead atoms. The second kappa shape index (κ2) is 6.17. The van der Waals surface area contributed by atoms with Gasteiger partial charge in [-0.05, 0) is 51.7 Å². The Bertz CT molecular complexity index is 146. The van der Waals surface area contributed by atoms with Gasteiger partial charge < -0.3 is 5.73 Å². The Hall–Kier alpha value is -0.340. The molecule has 1 aliphatic heterocycles. The summed E-state index contributed by atoms with van der Waals surface area (Å²) in [5, 5.41) is 0. The van der Waals surface area contributed by atoms with Crippen LogP contribution in [0.1, 0.15) is 26.2 Å². The minimum atomic E-state index is 0.861. The van der Waals surface area contributed by atoms with Crippen molar-refractivity contribution in [3.8, 4) is 0 Å². The number of hydrogen-bond acceptors (Lipinski definition) is 2. The molecule has 0 aliphatic carbocycles. The van der Waals surface area contributed by atoms with Crippen LogP contribution in [0.15, 0.2) is 12.2 Å². The van der Waals surface area contributed by atoms with E-state index in [-0.39, 0.29) is 0 Å². The van der Waals surface area contributed by atoms with Gasteiger partial charge in [-0.25, -0.2) is 0 Å². The molecule has 1 rings (SSSR count). The summed E-state index contributed by atoms with van der Waals surface area (Å²) >= 11 is 0. The Morgan fingerprint density at radius 3 is 2.62 bits per heavy atom. The fraction of sp³-hybridized carbons (Fsp3) is 0.818. The van der Waals surface area contributed by atoms with E-state index in [1.54, 1.807) is 0 Å². The summed E-state index contributed by atoms with van der Waals surface area (Å²) in [6.45, 7) is 6.59. The lowest BCUT2D eigenvalue weighted by molar-refractivity contribution is 0.196. The molecule has 0 aromatic carbocycles. The maximum absolute atomic E-state index is 5.55. The quantitative estimate of drug-likeness (QED) is 0.669. The first-order valence-corrected chi connectivity index (χ1v) is 5.40. The summed E-state index contributed by atoms with van der Waals surface area (Å²) in [5.74, 6) is 0.895. The fourth-order valence-corrected chi connectivity index (χ4v) is 1.95. The van der Waals surface area contributed by atoms with E-state index in [0.29, 0.717) is 0 Å². The Morgan fingerprint density at radius 2 is 2.08 bits per heavy atom. The van der Waals surface area contributed by atoms with Gasteiger partial charge in [-0.2, -0.15) is 0 Å². The Kier molecular flexibility index (Phi) is 5.09. The number of hydrogen-bond donors (Lipinski definition) is 1. The zero-order chi connectivity index (χ0) is 9.52. The van der Waals surface area contributed by atoms with Crippen LogP contribution in [0.4, 0.5) is 0 Å². The number of allylic oxidation sites excluding steroid dienone is 1.